The Morgan fingerprint density at radius 2 is 2.20 bits per heavy atom. The summed E-state index contributed by atoms with van der Waals surface area (Å²) in [6, 6.07) is 7.98. The lowest BCUT2D eigenvalue weighted by Gasteiger charge is -2.33. The van der Waals surface area contributed by atoms with Crippen molar-refractivity contribution in [3.63, 3.8) is 0 Å². The molecular weight excluding hydrogens is 292 g/mol. The SMILES string of the molecule is CC(C)(CO)C(NCc1ccc(Cl)nc1)c1cccs1. The van der Waals surface area contributed by atoms with Crippen LogP contribution < -0.4 is 5.32 Å². The van der Waals surface area contributed by atoms with Crippen molar-refractivity contribution in [1.82, 2.24) is 10.3 Å². The number of nitrogens with one attached hydrogen (secondary N) is 1. The number of thiophene rings is 1. The molecule has 2 heterocycles. The van der Waals surface area contributed by atoms with Crippen LogP contribution in [0.5, 0.6) is 0 Å². The van der Waals surface area contributed by atoms with Crippen LogP contribution in [0, 0.1) is 5.41 Å². The number of nitrogens with zero attached hydrogens (tertiary/aromatic N) is 1. The molecule has 0 saturated carbocycles. The van der Waals surface area contributed by atoms with Crippen LogP contribution in [0.2, 0.25) is 5.15 Å². The van der Waals surface area contributed by atoms with Crippen LogP contribution in [0.25, 0.3) is 0 Å². The molecule has 0 saturated heterocycles. The topological polar surface area (TPSA) is 45.1 Å². The lowest BCUT2D eigenvalue weighted by Crippen LogP contribution is -2.36. The molecule has 0 amide bonds. The minimum atomic E-state index is -0.231. The molecule has 2 aromatic rings. The van der Waals surface area contributed by atoms with E-state index in [1.165, 1.54) is 4.88 Å². The Kier molecular flexibility index (Phi) is 5.16. The summed E-state index contributed by atoms with van der Waals surface area (Å²) in [5.41, 5.74) is 0.842. The van der Waals surface area contributed by atoms with Crippen LogP contribution in [-0.4, -0.2) is 16.7 Å². The lowest BCUT2D eigenvalue weighted by molar-refractivity contribution is 0.116. The summed E-state index contributed by atoms with van der Waals surface area (Å²) in [5, 5.41) is 15.7. The molecule has 108 valence electrons. The molecule has 20 heavy (non-hydrogen) atoms. The summed E-state index contributed by atoms with van der Waals surface area (Å²) in [5.74, 6) is 0. The van der Waals surface area contributed by atoms with Crippen LogP contribution in [-0.2, 0) is 6.54 Å². The van der Waals surface area contributed by atoms with E-state index in [0.717, 1.165) is 5.56 Å². The van der Waals surface area contributed by atoms with Gasteiger partial charge in [0.25, 0.3) is 0 Å². The first-order valence-corrected chi connectivity index (χ1v) is 7.77. The minimum absolute atomic E-state index is 0.100. The third-order valence-corrected chi connectivity index (χ3v) is 4.48. The van der Waals surface area contributed by atoms with Crippen LogP contribution in [0.4, 0.5) is 0 Å². The molecule has 0 spiro atoms. The Balaban J connectivity index is 2.11. The van der Waals surface area contributed by atoms with E-state index in [0.29, 0.717) is 11.7 Å². The predicted octanol–water partition coefficient (Wildman–Crippen LogP) is 3.65. The van der Waals surface area contributed by atoms with Gasteiger partial charge >= 0.3 is 0 Å². The fourth-order valence-electron chi connectivity index (χ4n) is 2.04. The van der Waals surface area contributed by atoms with E-state index in [-0.39, 0.29) is 18.1 Å². The van der Waals surface area contributed by atoms with Crippen molar-refractivity contribution in [3.05, 3.63) is 51.4 Å². The zero-order valence-corrected chi connectivity index (χ0v) is 13.2. The molecular formula is C15H19ClN2OS. The highest BCUT2D eigenvalue weighted by molar-refractivity contribution is 7.10. The first-order valence-electron chi connectivity index (χ1n) is 6.51. The van der Waals surface area contributed by atoms with Crippen LogP contribution >= 0.6 is 22.9 Å². The molecule has 1 atom stereocenters. The van der Waals surface area contributed by atoms with Crippen LogP contribution in [0.1, 0.15) is 30.3 Å². The van der Waals surface area contributed by atoms with E-state index in [2.05, 4.69) is 35.6 Å². The molecule has 0 fully saturated rings. The largest absolute Gasteiger partial charge is 0.396 e. The summed E-state index contributed by atoms with van der Waals surface area (Å²) in [6.45, 7) is 4.94. The van der Waals surface area contributed by atoms with Gasteiger partial charge in [0.15, 0.2) is 0 Å². The van der Waals surface area contributed by atoms with Crippen molar-refractivity contribution in [2.24, 2.45) is 5.41 Å². The molecule has 5 heteroatoms. The molecule has 0 aliphatic heterocycles. The Bertz CT molecular complexity index is 525. The van der Waals surface area contributed by atoms with Gasteiger partial charge in [-0.05, 0) is 23.1 Å². The Morgan fingerprint density at radius 1 is 1.40 bits per heavy atom. The molecule has 3 nitrogen and oxygen atoms in total. The molecule has 2 aromatic heterocycles. The summed E-state index contributed by atoms with van der Waals surface area (Å²) >= 11 is 7.49. The summed E-state index contributed by atoms with van der Waals surface area (Å²) in [7, 11) is 0. The normalized spacial score (nSPS) is 13.4. The highest BCUT2D eigenvalue weighted by Crippen LogP contribution is 2.35. The zero-order valence-electron chi connectivity index (χ0n) is 11.6. The second-order valence-corrected chi connectivity index (χ2v) is 6.83. The smallest absolute Gasteiger partial charge is 0.129 e. The monoisotopic (exact) mass is 310 g/mol. The molecule has 0 bridgehead atoms. The van der Waals surface area contributed by atoms with Gasteiger partial charge in [-0.3, -0.25) is 0 Å². The maximum absolute atomic E-state index is 9.63. The molecule has 2 N–H and O–H groups in total. The average Bonchev–Trinajstić information content (AvgIpc) is 2.95. The van der Waals surface area contributed by atoms with Gasteiger partial charge < -0.3 is 10.4 Å². The van der Waals surface area contributed by atoms with Gasteiger partial charge in [-0.2, -0.15) is 0 Å². The fourth-order valence-corrected chi connectivity index (χ4v) is 3.16. The van der Waals surface area contributed by atoms with Crippen molar-refractivity contribution in [3.8, 4) is 0 Å². The Morgan fingerprint density at radius 3 is 2.75 bits per heavy atom. The molecule has 0 aromatic carbocycles. The predicted molar refractivity (Wildman–Crippen MR) is 84.0 cm³/mol. The van der Waals surface area contributed by atoms with Gasteiger partial charge in [0.2, 0.25) is 0 Å². The fraction of sp³-hybridized carbons (Fsp3) is 0.400. The molecule has 1 unspecified atom stereocenters. The van der Waals surface area contributed by atoms with Gasteiger partial charge in [0.05, 0.1) is 6.61 Å². The van der Waals surface area contributed by atoms with Gasteiger partial charge in [0, 0.05) is 29.1 Å². The second-order valence-electron chi connectivity index (χ2n) is 5.47. The lowest BCUT2D eigenvalue weighted by atomic mass is 9.84. The van der Waals surface area contributed by atoms with Crippen LogP contribution in [0.15, 0.2) is 35.8 Å². The third kappa shape index (κ3) is 3.79. The maximum Gasteiger partial charge on any atom is 0.129 e. The highest BCUT2D eigenvalue weighted by atomic mass is 35.5. The highest BCUT2D eigenvalue weighted by Gasteiger charge is 2.30. The number of aromatic nitrogens is 1. The van der Waals surface area contributed by atoms with Gasteiger partial charge in [-0.15, -0.1) is 11.3 Å². The van der Waals surface area contributed by atoms with E-state index in [9.17, 15) is 5.11 Å². The third-order valence-electron chi connectivity index (χ3n) is 3.32. The number of hydrogen-bond donors (Lipinski definition) is 2. The Labute approximate surface area is 128 Å². The van der Waals surface area contributed by atoms with Crippen molar-refractivity contribution >= 4 is 22.9 Å². The first-order chi connectivity index (χ1) is 9.53. The van der Waals surface area contributed by atoms with Crippen molar-refractivity contribution < 1.29 is 5.11 Å². The zero-order chi connectivity index (χ0) is 14.6. The van der Waals surface area contributed by atoms with Crippen molar-refractivity contribution in [2.75, 3.05) is 6.61 Å². The van der Waals surface area contributed by atoms with E-state index in [1.54, 1.807) is 23.6 Å². The van der Waals surface area contributed by atoms with Crippen LogP contribution in [0.3, 0.4) is 0 Å². The Hall–Kier alpha value is -0.940. The number of hydrogen-bond acceptors (Lipinski definition) is 4. The quantitative estimate of drug-likeness (QED) is 0.801. The van der Waals surface area contributed by atoms with E-state index >= 15 is 0 Å². The summed E-state index contributed by atoms with van der Waals surface area (Å²) in [6.07, 6.45) is 1.77. The average molecular weight is 311 g/mol. The molecule has 0 aliphatic carbocycles. The number of pyridine rings is 1. The van der Waals surface area contributed by atoms with Gasteiger partial charge in [-0.1, -0.05) is 37.6 Å². The van der Waals surface area contributed by atoms with Crippen molar-refractivity contribution in [2.45, 2.75) is 26.4 Å². The van der Waals surface area contributed by atoms with Gasteiger partial charge in [-0.25, -0.2) is 4.98 Å². The van der Waals surface area contributed by atoms with Crippen molar-refractivity contribution in [1.29, 1.82) is 0 Å². The minimum Gasteiger partial charge on any atom is -0.396 e. The van der Waals surface area contributed by atoms with E-state index < -0.39 is 0 Å². The number of aliphatic hydroxyl groups excluding tert-OH is 1. The van der Waals surface area contributed by atoms with Gasteiger partial charge in [0.1, 0.15) is 5.15 Å². The summed E-state index contributed by atoms with van der Waals surface area (Å²) in [4.78, 5) is 5.31. The second kappa shape index (κ2) is 6.68. The number of halogens is 1. The molecule has 2 rings (SSSR count). The number of rotatable bonds is 6. The molecule has 0 aliphatic rings. The van der Waals surface area contributed by atoms with E-state index in [4.69, 9.17) is 11.6 Å². The first kappa shape index (κ1) is 15.4. The maximum atomic E-state index is 9.63. The van der Waals surface area contributed by atoms with E-state index in [1.807, 2.05) is 12.1 Å². The summed E-state index contributed by atoms with van der Waals surface area (Å²) < 4.78 is 0. The standard InChI is InChI=1S/C15H19ClN2OS/c1-15(2,10-19)14(12-4-3-7-20-12)18-9-11-5-6-13(16)17-8-11/h3-8,14,18-19H,9-10H2,1-2H3. The number of aliphatic hydroxyl groups is 1. The molecule has 0 radical (unpaired) electrons.